The van der Waals surface area contributed by atoms with Gasteiger partial charge in [0.1, 0.15) is 12.6 Å². The highest BCUT2D eigenvalue weighted by Crippen LogP contribution is 2.39. The Morgan fingerprint density at radius 2 is 1.58 bits per heavy atom. The number of rotatable bonds is 11. The van der Waals surface area contributed by atoms with Crippen LogP contribution in [0.15, 0.2) is 78.9 Å². The first-order valence-corrected chi connectivity index (χ1v) is 17.8. The van der Waals surface area contributed by atoms with Gasteiger partial charge < -0.3 is 29.5 Å². The summed E-state index contributed by atoms with van der Waals surface area (Å²) in [4.78, 5) is 44.9. The van der Waals surface area contributed by atoms with Crippen LogP contribution in [-0.2, 0) is 37.0 Å². The number of imide groups is 1. The number of carbonyl (C=O) groups excluding carboxylic acids is 3. The average molecular weight is 683 g/mol. The molecular formula is C39H46N4O7. The van der Waals surface area contributed by atoms with E-state index in [0.29, 0.717) is 18.2 Å². The van der Waals surface area contributed by atoms with Crippen LogP contribution >= 0.6 is 0 Å². The average Bonchev–Trinajstić information content (AvgIpc) is 3.89. The number of carbonyl (C=O) groups is 3. The van der Waals surface area contributed by atoms with Gasteiger partial charge >= 0.3 is 6.09 Å². The van der Waals surface area contributed by atoms with Crippen LogP contribution in [0.5, 0.6) is 0 Å². The third-order valence-corrected chi connectivity index (χ3v) is 10.3. The summed E-state index contributed by atoms with van der Waals surface area (Å²) >= 11 is 0. The molecule has 4 fully saturated rings. The number of aliphatic hydroxyl groups excluding tert-OH is 1. The predicted molar refractivity (Wildman–Crippen MR) is 186 cm³/mol. The molecule has 3 amide bonds. The third kappa shape index (κ3) is 8.08. The molecule has 0 bridgehead atoms. The summed E-state index contributed by atoms with van der Waals surface area (Å²) < 4.78 is 18.5. The highest BCUT2D eigenvalue weighted by molar-refractivity contribution is 6.22. The van der Waals surface area contributed by atoms with Crippen LogP contribution in [0, 0.1) is 0 Å². The lowest BCUT2D eigenvalue weighted by Gasteiger charge is -2.39. The lowest BCUT2D eigenvalue weighted by atomic mass is 9.99. The van der Waals surface area contributed by atoms with Crippen molar-refractivity contribution in [3.8, 4) is 0 Å². The number of nitrogens with one attached hydrogen (secondary N) is 1. The minimum Gasteiger partial charge on any atom is -0.445 e. The van der Waals surface area contributed by atoms with Crippen molar-refractivity contribution in [2.45, 2.75) is 82.3 Å². The molecular weight excluding hydrogens is 636 g/mol. The van der Waals surface area contributed by atoms with Gasteiger partial charge in [0, 0.05) is 31.1 Å². The van der Waals surface area contributed by atoms with Crippen LogP contribution in [-0.4, -0.2) is 83.7 Å². The number of aliphatic hydroxyl groups is 1. The largest absolute Gasteiger partial charge is 0.445 e. The Labute approximate surface area is 293 Å². The van der Waals surface area contributed by atoms with E-state index in [0.717, 1.165) is 46.8 Å². The summed E-state index contributed by atoms with van der Waals surface area (Å²) in [5, 5.41) is 12.1. The quantitative estimate of drug-likeness (QED) is 0.274. The molecule has 0 spiro atoms. The Morgan fingerprint density at radius 3 is 2.32 bits per heavy atom. The van der Waals surface area contributed by atoms with Crippen LogP contribution in [0.4, 0.5) is 10.5 Å². The monoisotopic (exact) mass is 682 g/mol. The Morgan fingerprint density at radius 1 is 0.840 bits per heavy atom. The van der Waals surface area contributed by atoms with E-state index in [2.05, 4.69) is 15.1 Å². The van der Waals surface area contributed by atoms with Gasteiger partial charge in [-0.05, 0) is 74.1 Å². The smallest absolute Gasteiger partial charge is 0.408 e. The van der Waals surface area contributed by atoms with Crippen LogP contribution in [0.25, 0.3) is 0 Å². The van der Waals surface area contributed by atoms with Crippen molar-refractivity contribution in [1.29, 1.82) is 0 Å². The highest BCUT2D eigenvalue weighted by Gasteiger charge is 2.41. The molecule has 5 atom stereocenters. The number of likely N-dealkylation sites (tertiary alicyclic amines) is 2. The fraction of sp³-hybridized carbons (Fsp3) is 0.462. The number of amides is 3. The van der Waals surface area contributed by atoms with E-state index in [1.807, 2.05) is 66.7 Å². The van der Waals surface area contributed by atoms with Crippen LogP contribution in [0.1, 0.15) is 73.2 Å². The number of hydrogen-bond donors (Lipinski definition) is 2. The molecule has 3 aromatic carbocycles. The van der Waals surface area contributed by atoms with E-state index < -0.39 is 30.2 Å². The molecule has 4 aliphatic heterocycles. The molecule has 3 aromatic rings. The Balaban J connectivity index is 1.02. The van der Waals surface area contributed by atoms with Gasteiger partial charge in [-0.2, -0.15) is 0 Å². The summed E-state index contributed by atoms with van der Waals surface area (Å²) in [6.07, 6.45) is 3.85. The predicted octanol–water partition coefficient (Wildman–Crippen LogP) is 4.84. The maximum absolute atomic E-state index is 13.3. The summed E-state index contributed by atoms with van der Waals surface area (Å²) in [5.41, 5.74) is 3.89. The van der Waals surface area contributed by atoms with Crippen molar-refractivity contribution >= 4 is 23.6 Å². The van der Waals surface area contributed by atoms with Gasteiger partial charge in [-0.1, -0.05) is 66.7 Å². The van der Waals surface area contributed by atoms with Crippen molar-refractivity contribution in [3.05, 3.63) is 101 Å². The molecule has 11 heteroatoms. The van der Waals surface area contributed by atoms with Crippen LogP contribution < -0.4 is 10.2 Å². The van der Waals surface area contributed by atoms with Gasteiger partial charge in [-0.25, -0.2) is 9.69 Å². The lowest BCUT2D eigenvalue weighted by Crippen LogP contribution is -2.45. The molecule has 264 valence electrons. The van der Waals surface area contributed by atoms with Crippen molar-refractivity contribution < 1.29 is 33.7 Å². The van der Waals surface area contributed by atoms with Gasteiger partial charge in [-0.15, -0.1) is 0 Å². The zero-order valence-electron chi connectivity index (χ0n) is 28.3. The van der Waals surface area contributed by atoms with Crippen molar-refractivity contribution in [3.63, 3.8) is 0 Å². The van der Waals surface area contributed by atoms with Gasteiger partial charge in [0.25, 0.3) is 5.91 Å². The standard InChI is InChI=1S/C39H46N4O7/c44-25-27-10-12-29(13-11-27)35-21-33(24-42-20-6-9-32(42)23-41-18-4-5-19-41)49-38(50-35)30-14-16-31(17-15-30)43-36(45)22-34(37(43)46)40-39(47)48-26-28-7-2-1-3-8-28/h1-3,7-8,10-17,32-35,38,44H,4-6,9,18-26H2,(H,40,47)/t32-,33-,34?,35+,38+/m0/s1. The number of nitrogens with zero attached hydrogens (tertiary/aromatic N) is 3. The Hall–Kier alpha value is -4.13. The minimum absolute atomic E-state index is 0.0168. The number of ether oxygens (including phenoxy) is 3. The SMILES string of the molecule is O=C(NC1CC(=O)N(c2ccc([C@@H]3O[C@H](CN4CCC[C@H]4CN4CCCC4)C[C@H](c4ccc(CO)cc4)O3)cc2)C1=O)OCc1ccccc1. The Kier molecular flexibility index (Phi) is 10.9. The van der Waals surface area contributed by atoms with E-state index in [1.165, 1.54) is 38.8 Å². The topological polar surface area (TPSA) is 121 Å². The first kappa shape index (κ1) is 34.3. The third-order valence-electron chi connectivity index (χ3n) is 10.3. The van der Waals surface area contributed by atoms with Gasteiger partial charge in [0.15, 0.2) is 6.29 Å². The first-order chi connectivity index (χ1) is 24.4. The summed E-state index contributed by atoms with van der Waals surface area (Å²) in [7, 11) is 0. The number of benzene rings is 3. The van der Waals surface area contributed by atoms with Crippen LogP contribution in [0.2, 0.25) is 0 Å². The molecule has 11 nitrogen and oxygen atoms in total. The highest BCUT2D eigenvalue weighted by atomic mass is 16.7. The van der Waals surface area contributed by atoms with Gasteiger partial charge in [0.05, 0.1) is 30.9 Å². The second-order valence-corrected chi connectivity index (χ2v) is 13.8. The number of hydrogen-bond acceptors (Lipinski definition) is 9. The van der Waals surface area contributed by atoms with E-state index in [9.17, 15) is 19.5 Å². The molecule has 0 saturated carbocycles. The molecule has 7 rings (SSSR count). The molecule has 4 saturated heterocycles. The maximum atomic E-state index is 13.3. The molecule has 0 aromatic heterocycles. The maximum Gasteiger partial charge on any atom is 0.408 e. The second kappa shape index (κ2) is 15.8. The summed E-state index contributed by atoms with van der Waals surface area (Å²) in [6, 6.07) is 23.7. The van der Waals surface area contributed by atoms with Gasteiger partial charge in [0.2, 0.25) is 5.91 Å². The molecule has 0 aliphatic carbocycles. The molecule has 1 unspecified atom stereocenters. The fourth-order valence-electron chi connectivity index (χ4n) is 7.60. The molecule has 0 radical (unpaired) electrons. The zero-order chi connectivity index (χ0) is 34.5. The summed E-state index contributed by atoms with van der Waals surface area (Å²) in [6.45, 7) is 5.42. The van der Waals surface area contributed by atoms with Crippen molar-refractivity contribution in [2.75, 3.05) is 37.6 Å². The summed E-state index contributed by atoms with van der Waals surface area (Å²) in [5.74, 6) is -0.910. The molecule has 4 heterocycles. The van der Waals surface area contributed by atoms with E-state index in [4.69, 9.17) is 14.2 Å². The van der Waals surface area contributed by atoms with E-state index in [1.54, 1.807) is 12.1 Å². The Bertz CT molecular complexity index is 1610. The molecule has 2 N–H and O–H groups in total. The van der Waals surface area contributed by atoms with E-state index >= 15 is 0 Å². The zero-order valence-corrected chi connectivity index (χ0v) is 28.3. The molecule has 50 heavy (non-hydrogen) atoms. The lowest BCUT2D eigenvalue weighted by molar-refractivity contribution is -0.253. The fourth-order valence-corrected chi connectivity index (χ4v) is 7.60. The first-order valence-electron chi connectivity index (χ1n) is 17.8. The van der Waals surface area contributed by atoms with Crippen LogP contribution in [0.3, 0.4) is 0 Å². The number of anilines is 1. The van der Waals surface area contributed by atoms with Crippen molar-refractivity contribution in [1.82, 2.24) is 15.1 Å². The number of alkyl carbamates (subject to hydrolysis) is 1. The molecule has 4 aliphatic rings. The van der Waals surface area contributed by atoms with Gasteiger partial charge in [-0.3, -0.25) is 14.5 Å². The second-order valence-electron chi connectivity index (χ2n) is 13.8. The van der Waals surface area contributed by atoms with E-state index in [-0.39, 0.29) is 31.8 Å². The van der Waals surface area contributed by atoms with Crippen molar-refractivity contribution in [2.24, 2.45) is 0 Å². The normalized spacial score (nSPS) is 26.1. The minimum atomic E-state index is -1.01.